The van der Waals surface area contributed by atoms with Gasteiger partial charge in [-0.15, -0.1) is 11.3 Å². The average molecular weight is 245 g/mol. The number of rotatable bonds is 1. The average Bonchev–Trinajstić information content (AvgIpc) is 2.53. The van der Waals surface area contributed by atoms with E-state index in [-0.39, 0.29) is 0 Å². The Balaban J connectivity index is 2.63. The van der Waals surface area contributed by atoms with E-state index in [0.717, 1.165) is 4.60 Å². The minimum absolute atomic E-state index is 0.599. The lowest BCUT2D eigenvalue weighted by Crippen LogP contribution is -1.80. The van der Waals surface area contributed by atoms with Crippen molar-refractivity contribution in [1.29, 1.82) is 0 Å². The summed E-state index contributed by atoms with van der Waals surface area (Å²) in [6.07, 6.45) is 3.98. The van der Waals surface area contributed by atoms with Gasteiger partial charge in [0.25, 0.3) is 0 Å². The van der Waals surface area contributed by atoms with E-state index in [1.807, 2.05) is 6.33 Å². The predicted octanol–water partition coefficient (Wildman–Crippen LogP) is 3.28. The summed E-state index contributed by atoms with van der Waals surface area (Å²) in [5.74, 6) is 0.599. The molecule has 0 amide bonds. The molecule has 0 fully saturated rings. The highest BCUT2D eigenvalue weighted by Crippen LogP contribution is 2.29. The first-order valence-corrected chi connectivity index (χ1v) is 5.41. The summed E-state index contributed by atoms with van der Waals surface area (Å²) >= 11 is 5.20. The molecule has 0 atom stereocenters. The Kier molecular flexibility index (Phi) is 1.96. The number of hydrogen-bond acceptors (Lipinski definition) is 2. The first-order valence-electron chi connectivity index (χ1n) is 3.80. The van der Waals surface area contributed by atoms with Gasteiger partial charge < -0.3 is 0 Å². The first-order chi connectivity index (χ1) is 5.68. The fraction of sp³-hybridized carbons (Fsp3) is 0.375. The van der Waals surface area contributed by atoms with Gasteiger partial charge in [0.15, 0.2) is 0 Å². The van der Waals surface area contributed by atoms with Gasteiger partial charge in [-0.1, -0.05) is 13.8 Å². The minimum Gasteiger partial charge on any atom is -0.296 e. The Morgan fingerprint density at radius 3 is 2.92 bits per heavy atom. The van der Waals surface area contributed by atoms with Crippen molar-refractivity contribution in [3.63, 3.8) is 0 Å². The van der Waals surface area contributed by atoms with Gasteiger partial charge in [-0.3, -0.25) is 4.40 Å². The normalized spacial score (nSPS) is 11.7. The van der Waals surface area contributed by atoms with Crippen molar-refractivity contribution < 1.29 is 0 Å². The molecule has 4 heteroatoms. The van der Waals surface area contributed by atoms with Crippen LogP contribution in [0.15, 0.2) is 17.1 Å². The lowest BCUT2D eigenvalue weighted by atomic mass is 10.2. The number of fused-ring (bicyclic) bond motifs is 1. The van der Waals surface area contributed by atoms with Gasteiger partial charge in [0.05, 0.1) is 0 Å². The summed E-state index contributed by atoms with van der Waals surface area (Å²) in [6, 6.07) is 0. The molecule has 2 rings (SSSR count). The smallest absolute Gasteiger partial charge is 0.142 e. The second kappa shape index (κ2) is 2.85. The van der Waals surface area contributed by atoms with E-state index in [4.69, 9.17) is 0 Å². The number of thiazole rings is 1. The Bertz CT molecular complexity index is 402. The Morgan fingerprint density at radius 1 is 1.58 bits per heavy atom. The highest BCUT2D eigenvalue weighted by molar-refractivity contribution is 9.10. The SMILES string of the molecule is CC(C)c1cn2cnc(Br)c2s1. The summed E-state index contributed by atoms with van der Waals surface area (Å²) in [5.41, 5.74) is 0. The van der Waals surface area contributed by atoms with Crippen molar-refractivity contribution in [3.8, 4) is 0 Å². The highest BCUT2D eigenvalue weighted by atomic mass is 79.9. The summed E-state index contributed by atoms with van der Waals surface area (Å²) < 4.78 is 3.00. The summed E-state index contributed by atoms with van der Waals surface area (Å²) in [5, 5.41) is 0. The van der Waals surface area contributed by atoms with Gasteiger partial charge in [-0.25, -0.2) is 4.98 Å². The molecule has 0 bridgehead atoms. The van der Waals surface area contributed by atoms with Crippen LogP contribution in [0.25, 0.3) is 4.83 Å². The van der Waals surface area contributed by atoms with Gasteiger partial charge in [-0.05, 0) is 21.8 Å². The van der Waals surface area contributed by atoms with Gasteiger partial charge in [0.1, 0.15) is 15.8 Å². The van der Waals surface area contributed by atoms with E-state index in [9.17, 15) is 0 Å². The number of hydrogen-bond donors (Lipinski definition) is 0. The van der Waals surface area contributed by atoms with Crippen LogP contribution >= 0.6 is 27.3 Å². The van der Waals surface area contributed by atoms with Crippen LogP contribution in [0.1, 0.15) is 24.6 Å². The number of imidazole rings is 1. The predicted molar refractivity (Wildman–Crippen MR) is 54.9 cm³/mol. The third-order valence-corrected chi connectivity index (χ3v) is 4.01. The second-order valence-corrected chi connectivity index (χ2v) is 4.85. The van der Waals surface area contributed by atoms with Crippen molar-refractivity contribution in [2.45, 2.75) is 19.8 Å². The largest absolute Gasteiger partial charge is 0.296 e. The number of nitrogens with zero attached hydrogens (tertiary/aromatic N) is 2. The Morgan fingerprint density at radius 2 is 2.33 bits per heavy atom. The third kappa shape index (κ3) is 1.19. The van der Waals surface area contributed by atoms with Crippen molar-refractivity contribution in [1.82, 2.24) is 9.38 Å². The quantitative estimate of drug-likeness (QED) is 0.753. The van der Waals surface area contributed by atoms with E-state index >= 15 is 0 Å². The zero-order chi connectivity index (χ0) is 8.72. The molecule has 0 saturated heterocycles. The molecule has 0 aliphatic carbocycles. The number of aromatic nitrogens is 2. The Hall–Kier alpha value is -0.350. The van der Waals surface area contributed by atoms with Crippen LogP contribution < -0.4 is 0 Å². The first kappa shape index (κ1) is 8.26. The maximum Gasteiger partial charge on any atom is 0.142 e. The van der Waals surface area contributed by atoms with Crippen molar-refractivity contribution in [2.24, 2.45) is 0 Å². The van der Waals surface area contributed by atoms with Crippen LogP contribution in [0.4, 0.5) is 0 Å². The molecule has 2 heterocycles. The lowest BCUT2D eigenvalue weighted by molar-refractivity contribution is 0.881. The van der Waals surface area contributed by atoms with Crippen molar-refractivity contribution in [2.75, 3.05) is 0 Å². The molecule has 12 heavy (non-hydrogen) atoms. The van der Waals surface area contributed by atoms with E-state index in [1.54, 1.807) is 11.3 Å². The van der Waals surface area contributed by atoms with Crippen LogP contribution in [0.3, 0.4) is 0 Å². The van der Waals surface area contributed by atoms with Gasteiger partial charge >= 0.3 is 0 Å². The maximum atomic E-state index is 4.15. The standard InChI is InChI=1S/C8H9BrN2S/c1-5(2)6-3-11-4-10-7(9)8(11)12-6/h3-5H,1-2H3. The van der Waals surface area contributed by atoms with E-state index < -0.39 is 0 Å². The summed E-state index contributed by atoms with van der Waals surface area (Å²) in [7, 11) is 0. The molecule has 2 aromatic rings. The molecular weight excluding hydrogens is 236 g/mol. The topological polar surface area (TPSA) is 17.3 Å². The molecule has 64 valence electrons. The van der Waals surface area contributed by atoms with E-state index in [0.29, 0.717) is 5.92 Å². The molecule has 0 saturated carbocycles. The molecule has 0 N–H and O–H groups in total. The molecule has 0 aliphatic heterocycles. The molecule has 2 nitrogen and oxygen atoms in total. The maximum absolute atomic E-state index is 4.15. The van der Waals surface area contributed by atoms with Crippen LogP contribution in [-0.4, -0.2) is 9.38 Å². The zero-order valence-corrected chi connectivity index (χ0v) is 9.32. The monoisotopic (exact) mass is 244 g/mol. The minimum atomic E-state index is 0.599. The van der Waals surface area contributed by atoms with Gasteiger partial charge in [0, 0.05) is 11.1 Å². The molecule has 0 aromatic carbocycles. The van der Waals surface area contributed by atoms with Crippen LogP contribution in [0.2, 0.25) is 0 Å². The van der Waals surface area contributed by atoms with Crippen LogP contribution in [0.5, 0.6) is 0 Å². The second-order valence-electron chi connectivity index (χ2n) is 3.04. The van der Waals surface area contributed by atoms with Gasteiger partial charge in [0.2, 0.25) is 0 Å². The van der Waals surface area contributed by atoms with Crippen molar-refractivity contribution >= 4 is 32.1 Å². The fourth-order valence-corrected chi connectivity index (χ4v) is 2.56. The summed E-state index contributed by atoms with van der Waals surface area (Å²) in [4.78, 5) is 6.74. The lowest BCUT2D eigenvalue weighted by Gasteiger charge is -1.95. The molecular formula is C8H9BrN2S. The van der Waals surface area contributed by atoms with Crippen molar-refractivity contribution in [3.05, 3.63) is 22.0 Å². The molecule has 0 aliphatic rings. The highest BCUT2D eigenvalue weighted by Gasteiger charge is 2.08. The molecule has 0 spiro atoms. The zero-order valence-electron chi connectivity index (χ0n) is 6.91. The van der Waals surface area contributed by atoms with Gasteiger partial charge in [-0.2, -0.15) is 0 Å². The summed E-state index contributed by atoms with van der Waals surface area (Å²) in [6.45, 7) is 4.40. The van der Waals surface area contributed by atoms with Crippen LogP contribution in [0, 0.1) is 0 Å². The van der Waals surface area contributed by atoms with E-state index in [1.165, 1.54) is 9.71 Å². The molecule has 0 radical (unpaired) electrons. The molecule has 0 unspecified atom stereocenters. The third-order valence-electron chi connectivity index (χ3n) is 1.76. The fourth-order valence-electron chi connectivity index (χ4n) is 1.06. The van der Waals surface area contributed by atoms with E-state index in [2.05, 4.69) is 45.4 Å². The van der Waals surface area contributed by atoms with Crippen LogP contribution in [-0.2, 0) is 0 Å². The molecule has 2 aromatic heterocycles. The number of halogens is 1. The Labute approximate surface area is 83.4 Å².